The van der Waals surface area contributed by atoms with Gasteiger partial charge in [-0.05, 0) is 44.2 Å². The van der Waals surface area contributed by atoms with E-state index in [4.69, 9.17) is 9.47 Å². The smallest absolute Gasteiger partial charge is 0.330 e. The highest BCUT2D eigenvalue weighted by molar-refractivity contribution is 9.10. The Morgan fingerprint density at radius 3 is 2.31 bits per heavy atom. The molecular weight excluding hydrogens is 472 g/mol. The number of aryl methyl sites for hydroxylation is 1. The predicted octanol–water partition coefficient (Wildman–Crippen LogP) is 5.25. The van der Waals surface area contributed by atoms with Crippen LogP contribution in [0.5, 0.6) is 11.5 Å². The first-order valence-corrected chi connectivity index (χ1v) is 11.0. The molecule has 6 heteroatoms. The number of benzene rings is 3. The number of esters is 2. The van der Waals surface area contributed by atoms with Crippen LogP contribution in [0.4, 0.5) is 0 Å². The molecule has 2 aliphatic rings. The molecule has 0 saturated heterocycles. The predicted molar refractivity (Wildman–Crippen MR) is 121 cm³/mol. The Bertz CT molecular complexity index is 1260. The minimum absolute atomic E-state index is 0.301. The molecule has 1 fully saturated rings. The van der Waals surface area contributed by atoms with E-state index in [0.29, 0.717) is 22.6 Å². The maximum absolute atomic E-state index is 13.7. The van der Waals surface area contributed by atoms with E-state index < -0.39 is 28.7 Å². The van der Waals surface area contributed by atoms with Crippen molar-refractivity contribution < 1.29 is 23.9 Å². The summed E-state index contributed by atoms with van der Waals surface area (Å²) in [6, 6.07) is 20.8. The summed E-state index contributed by atoms with van der Waals surface area (Å²) in [4.78, 5) is 40.6. The van der Waals surface area contributed by atoms with Crippen LogP contribution in [0, 0.1) is 17.8 Å². The highest BCUT2D eigenvalue weighted by atomic mass is 79.9. The first kappa shape index (κ1) is 20.6. The average molecular weight is 491 g/mol. The van der Waals surface area contributed by atoms with Gasteiger partial charge in [-0.15, -0.1) is 0 Å². The van der Waals surface area contributed by atoms with Crippen LogP contribution in [-0.4, -0.2) is 17.7 Å². The van der Waals surface area contributed by atoms with Crippen molar-refractivity contribution in [2.24, 2.45) is 10.8 Å². The molecule has 0 amide bonds. The van der Waals surface area contributed by atoms with Gasteiger partial charge in [-0.25, -0.2) is 0 Å². The molecule has 5 nitrogen and oxygen atoms in total. The van der Waals surface area contributed by atoms with Gasteiger partial charge in [0, 0.05) is 21.5 Å². The summed E-state index contributed by atoms with van der Waals surface area (Å²) in [6.45, 7) is 3.58. The molecule has 3 aromatic carbocycles. The zero-order valence-electron chi connectivity index (χ0n) is 17.4. The Morgan fingerprint density at radius 2 is 1.62 bits per heavy atom. The molecule has 3 atom stereocenters. The third kappa shape index (κ3) is 2.72. The van der Waals surface area contributed by atoms with Crippen LogP contribution in [0.2, 0.25) is 0 Å². The number of carbonyl (C=O) groups is 3. The lowest BCUT2D eigenvalue weighted by Gasteiger charge is -2.22. The van der Waals surface area contributed by atoms with Crippen molar-refractivity contribution in [3.8, 4) is 11.5 Å². The molecule has 1 aliphatic heterocycles. The normalized spacial score (nSPS) is 25.2. The van der Waals surface area contributed by atoms with Crippen LogP contribution in [0.3, 0.4) is 0 Å². The highest BCUT2D eigenvalue weighted by Crippen LogP contribution is 2.78. The fourth-order valence-electron chi connectivity index (χ4n) is 4.90. The van der Waals surface area contributed by atoms with E-state index in [1.807, 2.05) is 19.1 Å². The van der Waals surface area contributed by atoms with E-state index in [1.54, 1.807) is 67.6 Å². The van der Waals surface area contributed by atoms with E-state index in [1.165, 1.54) is 0 Å². The minimum atomic E-state index is -1.75. The first-order valence-electron chi connectivity index (χ1n) is 10.2. The molecule has 5 rings (SSSR count). The quantitative estimate of drug-likeness (QED) is 0.216. The molecule has 0 bridgehead atoms. The Balaban J connectivity index is 1.62. The molecular formula is C26H19BrO5. The van der Waals surface area contributed by atoms with Gasteiger partial charge in [-0.1, -0.05) is 64.0 Å². The largest absolute Gasteiger partial charge is 0.426 e. The molecule has 32 heavy (non-hydrogen) atoms. The third-order valence-corrected chi connectivity index (χ3v) is 7.16. The van der Waals surface area contributed by atoms with E-state index in [9.17, 15) is 14.4 Å². The minimum Gasteiger partial charge on any atom is -0.426 e. The van der Waals surface area contributed by atoms with E-state index in [0.717, 1.165) is 10.0 Å². The molecule has 1 saturated carbocycles. The van der Waals surface area contributed by atoms with Crippen molar-refractivity contribution in [1.82, 2.24) is 0 Å². The van der Waals surface area contributed by atoms with Gasteiger partial charge >= 0.3 is 11.9 Å². The molecule has 0 N–H and O–H groups in total. The zero-order valence-corrected chi connectivity index (χ0v) is 19.0. The fourth-order valence-corrected chi connectivity index (χ4v) is 5.17. The summed E-state index contributed by atoms with van der Waals surface area (Å²) in [5.74, 6) is -1.84. The number of halogens is 1. The maximum Gasteiger partial charge on any atom is 0.330 e. The van der Waals surface area contributed by atoms with Crippen LogP contribution in [0.15, 0.2) is 77.3 Å². The van der Waals surface area contributed by atoms with Gasteiger partial charge in [0.05, 0.1) is 5.41 Å². The molecule has 0 unspecified atom stereocenters. The van der Waals surface area contributed by atoms with Crippen molar-refractivity contribution in [3.05, 3.63) is 94.0 Å². The van der Waals surface area contributed by atoms with E-state index >= 15 is 0 Å². The van der Waals surface area contributed by atoms with Crippen LogP contribution in [-0.2, 0) is 9.59 Å². The molecule has 3 aromatic rings. The number of para-hydroxylation sites is 1. The number of hydrogen-bond acceptors (Lipinski definition) is 5. The van der Waals surface area contributed by atoms with Crippen molar-refractivity contribution in [1.29, 1.82) is 0 Å². The molecule has 160 valence electrons. The van der Waals surface area contributed by atoms with E-state index in [2.05, 4.69) is 15.9 Å². The highest BCUT2D eigenvalue weighted by Gasteiger charge is 2.89. The lowest BCUT2D eigenvalue weighted by Crippen LogP contribution is -2.41. The second-order valence-electron chi connectivity index (χ2n) is 8.41. The molecule has 0 radical (unpaired) electrons. The first-order chi connectivity index (χ1) is 15.3. The summed E-state index contributed by atoms with van der Waals surface area (Å²) in [5, 5.41) is 0. The van der Waals surface area contributed by atoms with Crippen LogP contribution in [0.1, 0.15) is 34.3 Å². The fraction of sp³-hybridized carbons (Fsp3) is 0.192. The van der Waals surface area contributed by atoms with Gasteiger partial charge in [0.1, 0.15) is 11.5 Å². The Morgan fingerprint density at radius 1 is 0.969 bits per heavy atom. The number of ketones is 1. The number of carbonyl (C=O) groups excluding carboxylic acids is 3. The topological polar surface area (TPSA) is 69.7 Å². The van der Waals surface area contributed by atoms with Crippen LogP contribution >= 0.6 is 15.9 Å². The molecule has 1 aliphatic carbocycles. The van der Waals surface area contributed by atoms with Gasteiger partial charge < -0.3 is 9.47 Å². The van der Waals surface area contributed by atoms with Crippen molar-refractivity contribution in [2.75, 3.05) is 0 Å². The number of fused-ring (bicyclic) bond motifs is 3. The summed E-state index contributed by atoms with van der Waals surface area (Å²) < 4.78 is 12.0. The second kappa shape index (κ2) is 7.14. The number of Topliss-reactive ketones (excluding diaryl/α,β-unsaturated/α-hetero) is 1. The lowest BCUT2D eigenvalue weighted by molar-refractivity contribution is -0.156. The van der Waals surface area contributed by atoms with Crippen molar-refractivity contribution in [2.45, 2.75) is 19.8 Å². The standard InChI is InChI=1S/C26H19BrO5/c1-15-7-13-18(14-8-15)31-23(29)26-21(19-5-3-4-6-20(19)32-24(26)30)25(26,2)22(28)16-9-11-17(27)12-10-16/h3-14,21H,1-2H3/t21-,25+,26-/m1/s1. The Labute approximate surface area is 193 Å². The van der Waals surface area contributed by atoms with Gasteiger partial charge in [0.25, 0.3) is 0 Å². The van der Waals surface area contributed by atoms with Crippen LogP contribution in [0.25, 0.3) is 0 Å². The van der Waals surface area contributed by atoms with Gasteiger partial charge in [0.15, 0.2) is 11.2 Å². The van der Waals surface area contributed by atoms with Gasteiger partial charge in [0.2, 0.25) is 0 Å². The third-order valence-electron chi connectivity index (χ3n) is 6.63. The second-order valence-corrected chi connectivity index (χ2v) is 9.32. The van der Waals surface area contributed by atoms with E-state index in [-0.39, 0.29) is 5.78 Å². The molecule has 0 spiro atoms. The van der Waals surface area contributed by atoms with Crippen LogP contribution < -0.4 is 9.47 Å². The van der Waals surface area contributed by atoms with Gasteiger partial charge in [-0.3, -0.25) is 14.4 Å². The SMILES string of the molecule is Cc1ccc(OC(=O)[C@@]23C(=O)Oc4ccccc4[C@@H]2[C@@]3(C)C(=O)c2ccc(Br)cc2)cc1. The lowest BCUT2D eigenvalue weighted by atomic mass is 9.87. The van der Waals surface area contributed by atoms with Crippen molar-refractivity contribution in [3.63, 3.8) is 0 Å². The summed E-state index contributed by atoms with van der Waals surface area (Å²) in [7, 11) is 0. The maximum atomic E-state index is 13.7. The number of hydrogen-bond donors (Lipinski definition) is 0. The summed E-state index contributed by atoms with van der Waals surface area (Å²) >= 11 is 3.37. The Kier molecular flexibility index (Phi) is 4.60. The number of rotatable bonds is 4. The molecule has 1 heterocycles. The summed E-state index contributed by atoms with van der Waals surface area (Å²) in [5.41, 5.74) is -1.02. The summed E-state index contributed by atoms with van der Waals surface area (Å²) in [6.07, 6.45) is 0. The van der Waals surface area contributed by atoms with Gasteiger partial charge in [-0.2, -0.15) is 0 Å². The Hall–Kier alpha value is -3.25. The molecule has 0 aromatic heterocycles. The number of ether oxygens (including phenoxy) is 2. The van der Waals surface area contributed by atoms with Crippen molar-refractivity contribution >= 4 is 33.7 Å². The zero-order chi connectivity index (χ0) is 22.7. The monoisotopic (exact) mass is 490 g/mol. The average Bonchev–Trinajstić information content (AvgIpc) is 3.39.